The van der Waals surface area contributed by atoms with Crippen molar-refractivity contribution in [1.29, 1.82) is 0 Å². The molecule has 7 nitrogen and oxygen atoms in total. The summed E-state index contributed by atoms with van der Waals surface area (Å²) in [4.78, 5) is 0. The van der Waals surface area contributed by atoms with Crippen molar-refractivity contribution >= 4 is 8.60 Å². The number of hydrogen-bond acceptors (Lipinski definition) is 3. The van der Waals surface area contributed by atoms with Gasteiger partial charge >= 0.3 is 53.8 Å². The number of rotatable bonds is 6. The van der Waals surface area contributed by atoms with Crippen molar-refractivity contribution < 1.29 is 51.7 Å². The maximum Gasteiger partial charge on any atom is 0 e. The first-order chi connectivity index (χ1) is 8.85. The summed E-state index contributed by atoms with van der Waals surface area (Å²) in [5.74, 6) is 0. The van der Waals surface area contributed by atoms with Crippen molar-refractivity contribution in [2.75, 3.05) is 19.8 Å². The largest absolute Gasteiger partial charge is 0 e. The minimum absolute atomic E-state index is 0. The third-order valence-corrected chi connectivity index (χ3v) is 2.11. The molecule has 9 heteroatoms. The van der Waals surface area contributed by atoms with Crippen LogP contribution in [0.1, 0.15) is 20.8 Å². The van der Waals surface area contributed by atoms with E-state index in [4.69, 9.17) is 32.2 Å². The summed E-state index contributed by atoms with van der Waals surface area (Å²) >= 11 is 0. The van der Waals surface area contributed by atoms with E-state index in [0.717, 1.165) is 0 Å². The summed E-state index contributed by atoms with van der Waals surface area (Å²) in [6.07, 6.45) is 0. The SMILES string of the molecule is CCOP(OCC)OCC.[C-]#[O+].[C-]#[O+].[C-]#[O+].[C-]#[O+].[Ru]. The monoisotopic (exact) mass is 380 g/mol. The summed E-state index contributed by atoms with van der Waals surface area (Å²) in [7, 11) is -1.06. The van der Waals surface area contributed by atoms with Crippen molar-refractivity contribution in [2.45, 2.75) is 20.8 Å². The fourth-order valence-electron chi connectivity index (χ4n) is 0.428. The fraction of sp³-hybridized carbons (Fsp3) is 0.600. The Hall–Kier alpha value is -0.107. The van der Waals surface area contributed by atoms with Crippen LogP contribution in [0.15, 0.2) is 0 Å². The van der Waals surface area contributed by atoms with E-state index in [0.29, 0.717) is 19.8 Å². The first-order valence-electron chi connectivity index (χ1n) is 4.35. The van der Waals surface area contributed by atoms with Crippen molar-refractivity contribution in [3.05, 3.63) is 26.6 Å². The standard InChI is InChI=1S/C6H15O3P.4CO.Ru/c1-4-7-10(8-5-2)9-6-3;4*1-2;/h4-6H2,1-3H3;;;;;. The Morgan fingerprint density at radius 3 is 0.895 bits per heavy atom. The second-order valence-electron chi connectivity index (χ2n) is 1.48. The zero-order valence-electron chi connectivity index (χ0n) is 10.8. The first kappa shape index (κ1) is 36.4. The maximum absolute atomic E-state index is 7.50. The van der Waals surface area contributed by atoms with Gasteiger partial charge in [-0.25, -0.2) is 0 Å². The topological polar surface area (TPSA) is 107 Å². The van der Waals surface area contributed by atoms with Crippen LogP contribution >= 0.6 is 8.60 Å². The van der Waals surface area contributed by atoms with E-state index in [9.17, 15) is 0 Å². The molecule has 0 aliphatic carbocycles. The van der Waals surface area contributed by atoms with Crippen molar-refractivity contribution in [3.63, 3.8) is 0 Å². The Bertz CT molecular complexity index is 155. The van der Waals surface area contributed by atoms with Gasteiger partial charge in [0.25, 0.3) is 0 Å². The van der Waals surface area contributed by atoms with Crippen LogP contribution in [0.2, 0.25) is 0 Å². The quantitative estimate of drug-likeness (QED) is 0.305. The molecule has 19 heavy (non-hydrogen) atoms. The van der Waals surface area contributed by atoms with Crippen LogP contribution in [-0.4, -0.2) is 19.8 Å². The average molecular weight is 379 g/mol. The number of hydrogen-bond donors (Lipinski definition) is 0. The van der Waals surface area contributed by atoms with Gasteiger partial charge in [0.1, 0.15) is 0 Å². The van der Waals surface area contributed by atoms with Crippen LogP contribution < -0.4 is 0 Å². The van der Waals surface area contributed by atoms with Gasteiger partial charge in [0.2, 0.25) is 0 Å². The molecular formula is C10H15O7PRu. The van der Waals surface area contributed by atoms with Crippen LogP contribution in [0, 0.1) is 26.6 Å². The zero-order chi connectivity index (χ0) is 15.8. The zero-order valence-corrected chi connectivity index (χ0v) is 13.4. The van der Waals surface area contributed by atoms with Crippen LogP contribution in [0.4, 0.5) is 0 Å². The molecule has 0 rings (SSSR count). The van der Waals surface area contributed by atoms with Crippen LogP contribution in [0.25, 0.3) is 0 Å². The van der Waals surface area contributed by atoms with Gasteiger partial charge in [-0.3, -0.25) is 0 Å². The molecule has 0 saturated heterocycles. The van der Waals surface area contributed by atoms with E-state index in [1.807, 2.05) is 20.8 Å². The molecule has 0 fully saturated rings. The van der Waals surface area contributed by atoms with Gasteiger partial charge in [0, 0.05) is 19.5 Å². The Labute approximate surface area is 128 Å². The fourth-order valence-corrected chi connectivity index (χ4v) is 1.28. The Balaban J connectivity index is -0.0000000401. The molecule has 0 radical (unpaired) electrons. The van der Waals surface area contributed by atoms with Gasteiger partial charge in [-0.15, -0.1) is 0 Å². The van der Waals surface area contributed by atoms with E-state index < -0.39 is 8.60 Å². The smallest absolute Gasteiger partial charge is 0 e. The minimum atomic E-state index is -1.06. The van der Waals surface area contributed by atoms with E-state index in [1.54, 1.807) is 0 Å². The summed E-state index contributed by atoms with van der Waals surface area (Å²) in [6, 6.07) is 0. The third kappa shape index (κ3) is 57.1. The predicted octanol–water partition coefficient (Wildman–Crippen LogP) is 2.17. The molecule has 0 spiro atoms. The first-order valence-corrected chi connectivity index (χ1v) is 5.45. The second kappa shape index (κ2) is 64.6. The second-order valence-corrected chi connectivity index (χ2v) is 2.70. The molecule has 0 amide bonds. The van der Waals surface area contributed by atoms with Crippen molar-refractivity contribution in [3.8, 4) is 0 Å². The summed E-state index contributed by atoms with van der Waals surface area (Å²) in [6.45, 7) is 25.7. The molecule has 0 unspecified atom stereocenters. The van der Waals surface area contributed by atoms with Gasteiger partial charge in [-0.2, -0.15) is 0 Å². The van der Waals surface area contributed by atoms with Gasteiger partial charge in [-0.05, 0) is 20.8 Å². The molecule has 0 bridgehead atoms. The van der Waals surface area contributed by atoms with Gasteiger partial charge < -0.3 is 13.6 Å². The molecule has 0 aromatic rings. The molecule has 0 saturated carbocycles. The van der Waals surface area contributed by atoms with Gasteiger partial charge in [0.05, 0.1) is 19.8 Å². The average Bonchev–Trinajstić information content (AvgIpc) is 2.48. The van der Waals surface area contributed by atoms with Gasteiger partial charge in [0.15, 0.2) is 0 Å². The molecule has 0 N–H and O–H groups in total. The Kier molecular flexibility index (Phi) is 124. The van der Waals surface area contributed by atoms with Crippen LogP contribution in [0.3, 0.4) is 0 Å². The van der Waals surface area contributed by atoms with E-state index in [-0.39, 0.29) is 19.5 Å². The van der Waals surface area contributed by atoms with E-state index in [1.165, 1.54) is 0 Å². The molecule has 0 aromatic carbocycles. The molecule has 0 aliphatic rings. The minimum Gasteiger partial charge on any atom is 0 e. The van der Waals surface area contributed by atoms with Crippen molar-refractivity contribution in [2.24, 2.45) is 0 Å². The van der Waals surface area contributed by atoms with Gasteiger partial charge in [-0.1, -0.05) is 0 Å². The van der Waals surface area contributed by atoms with E-state index >= 15 is 0 Å². The Morgan fingerprint density at radius 1 is 0.632 bits per heavy atom. The third-order valence-electron chi connectivity index (χ3n) is 0.704. The van der Waals surface area contributed by atoms with Crippen LogP contribution in [-0.2, 0) is 51.7 Å². The Morgan fingerprint density at radius 2 is 0.789 bits per heavy atom. The molecular weight excluding hydrogens is 364 g/mol. The molecule has 0 aromatic heterocycles. The van der Waals surface area contributed by atoms with Crippen molar-refractivity contribution in [1.82, 2.24) is 0 Å². The summed E-state index contributed by atoms with van der Waals surface area (Å²) in [5, 5.41) is 0. The molecule has 0 heterocycles. The maximum atomic E-state index is 7.50. The molecule has 0 aliphatic heterocycles. The molecule has 110 valence electrons. The van der Waals surface area contributed by atoms with E-state index in [2.05, 4.69) is 26.6 Å². The molecule has 0 atom stereocenters. The van der Waals surface area contributed by atoms with Crippen LogP contribution in [0.5, 0.6) is 0 Å². The predicted molar refractivity (Wildman–Crippen MR) is 57.5 cm³/mol. The summed E-state index contributed by atoms with van der Waals surface area (Å²) in [5.41, 5.74) is 0. The summed E-state index contributed by atoms with van der Waals surface area (Å²) < 4.78 is 45.4. The normalized spacial score (nSPS) is 6.11.